The van der Waals surface area contributed by atoms with E-state index in [2.05, 4.69) is 5.32 Å². The lowest BCUT2D eigenvalue weighted by Crippen LogP contribution is -2.46. The van der Waals surface area contributed by atoms with Gasteiger partial charge in [-0.2, -0.15) is 0 Å². The van der Waals surface area contributed by atoms with Crippen molar-refractivity contribution in [3.63, 3.8) is 0 Å². The molecular formula is C12H14FNO. The van der Waals surface area contributed by atoms with Gasteiger partial charge >= 0.3 is 0 Å². The quantitative estimate of drug-likeness (QED) is 0.750. The summed E-state index contributed by atoms with van der Waals surface area (Å²) in [5, 5.41) is 3.02. The predicted molar refractivity (Wildman–Crippen MR) is 56.6 cm³/mol. The highest BCUT2D eigenvalue weighted by Gasteiger charge is 2.28. The fourth-order valence-corrected chi connectivity index (χ4v) is 1.91. The highest BCUT2D eigenvalue weighted by atomic mass is 19.1. The number of hydrogen-bond acceptors (Lipinski definition) is 2. The summed E-state index contributed by atoms with van der Waals surface area (Å²) in [6.07, 6.45) is 0. The summed E-state index contributed by atoms with van der Waals surface area (Å²) in [6, 6.07) is 3.27. The van der Waals surface area contributed by atoms with Gasteiger partial charge in [0.2, 0.25) is 0 Å². The number of carbonyl (C=O) groups excluding carboxylic acids is 1. The largest absolute Gasteiger partial charge is 0.315 e. The van der Waals surface area contributed by atoms with E-state index in [-0.39, 0.29) is 23.1 Å². The van der Waals surface area contributed by atoms with Gasteiger partial charge in [0.25, 0.3) is 0 Å². The number of ketones is 1. The number of nitrogens with one attached hydrogen (secondary N) is 1. The van der Waals surface area contributed by atoms with Crippen molar-refractivity contribution in [3.8, 4) is 0 Å². The van der Waals surface area contributed by atoms with E-state index in [1.54, 1.807) is 6.92 Å². The van der Waals surface area contributed by atoms with Crippen LogP contribution in [0, 0.1) is 25.6 Å². The molecule has 0 atom stereocenters. The molecule has 2 rings (SSSR count). The topological polar surface area (TPSA) is 29.1 Å². The monoisotopic (exact) mass is 207 g/mol. The molecule has 0 unspecified atom stereocenters. The van der Waals surface area contributed by atoms with Crippen molar-refractivity contribution < 1.29 is 9.18 Å². The molecule has 0 amide bonds. The Hall–Kier alpha value is -1.22. The van der Waals surface area contributed by atoms with Crippen LogP contribution in [0.3, 0.4) is 0 Å². The van der Waals surface area contributed by atoms with Crippen molar-refractivity contribution in [1.82, 2.24) is 5.32 Å². The summed E-state index contributed by atoms with van der Waals surface area (Å²) in [4.78, 5) is 11.9. The molecule has 80 valence electrons. The molecule has 0 saturated carbocycles. The van der Waals surface area contributed by atoms with Gasteiger partial charge in [0, 0.05) is 19.0 Å². The van der Waals surface area contributed by atoms with Gasteiger partial charge in [0.15, 0.2) is 5.78 Å². The van der Waals surface area contributed by atoms with Crippen LogP contribution in [0.2, 0.25) is 0 Å². The van der Waals surface area contributed by atoms with E-state index in [4.69, 9.17) is 0 Å². The summed E-state index contributed by atoms with van der Waals surface area (Å²) in [5.41, 5.74) is 1.87. The van der Waals surface area contributed by atoms with E-state index < -0.39 is 0 Å². The average molecular weight is 207 g/mol. The Bertz CT molecular complexity index is 387. The molecule has 1 aliphatic heterocycles. The third kappa shape index (κ3) is 1.79. The van der Waals surface area contributed by atoms with Crippen molar-refractivity contribution in [2.24, 2.45) is 5.92 Å². The molecular weight excluding hydrogens is 193 g/mol. The van der Waals surface area contributed by atoms with Gasteiger partial charge in [-0.15, -0.1) is 0 Å². The molecule has 0 spiro atoms. The zero-order valence-electron chi connectivity index (χ0n) is 8.93. The molecule has 2 nitrogen and oxygen atoms in total. The summed E-state index contributed by atoms with van der Waals surface area (Å²) in [5.74, 6) is -0.492. The lowest BCUT2D eigenvalue weighted by Gasteiger charge is -2.26. The van der Waals surface area contributed by atoms with Crippen LogP contribution in [0.4, 0.5) is 4.39 Å². The maximum Gasteiger partial charge on any atom is 0.171 e. The van der Waals surface area contributed by atoms with Gasteiger partial charge in [-0.05, 0) is 31.0 Å². The number of aryl methyl sites for hydroxylation is 2. The summed E-state index contributed by atoms with van der Waals surface area (Å²) >= 11 is 0. The van der Waals surface area contributed by atoms with Crippen molar-refractivity contribution in [3.05, 3.63) is 34.6 Å². The van der Waals surface area contributed by atoms with Crippen LogP contribution < -0.4 is 5.32 Å². The Balaban J connectivity index is 2.38. The van der Waals surface area contributed by atoms with Crippen LogP contribution in [0.1, 0.15) is 21.5 Å². The Kier molecular flexibility index (Phi) is 2.57. The van der Waals surface area contributed by atoms with E-state index in [0.717, 1.165) is 11.1 Å². The molecule has 1 aromatic carbocycles. The van der Waals surface area contributed by atoms with Crippen LogP contribution in [0.5, 0.6) is 0 Å². The molecule has 1 N–H and O–H groups in total. The van der Waals surface area contributed by atoms with Gasteiger partial charge in [-0.25, -0.2) is 4.39 Å². The van der Waals surface area contributed by atoms with E-state index in [1.807, 2.05) is 13.0 Å². The molecule has 15 heavy (non-hydrogen) atoms. The second-order valence-electron chi connectivity index (χ2n) is 4.16. The van der Waals surface area contributed by atoms with Gasteiger partial charge in [-0.3, -0.25) is 4.79 Å². The van der Waals surface area contributed by atoms with Crippen LogP contribution in [0.25, 0.3) is 0 Å². The molecule has 0 bridgehead atoms. The van der Waals surface area contributed by atoms with Gasteiger partial charge in [0.05, 0.1) is 5.56 Å². The van der Waals surface area contributed by atoms with Crippen molar-refractivity contribution in [2.45, 2.75) is 13.8 Å². The Morgan fingerprint density at radius 3 is 2.53 bits per heavy atom. The van der Waals surface area contributed by atoms with Crippen LogP contribution in [-0.4, -0.2) is 18.9 Å². The van der Waals surface area contributed by atoms with Gasteiger partial charge in [-0.1, -0.05) is 6.07 Å². The Labute approximate surface area is 88.5 Å². The average Bonchev–Trinajstić information content (AvgIpc) is 1.97. The van der Waals surface area contributed by atoms with Gasteiger partial charge < -0.3 is 5.32 Å². The Morgan fingerprint density at radius 1 is 1.40 bits per heavy atom. The predicted octanol–water partition coefficient (Wildman–Crippen LogP) is 1.84. The summed E-state index contributed by atoms with van der Waals surface area (Å²) in [6.45, 7) is 4.96. The molecule has 1 saturated heterocycles. The standard InChI is InChI=1S/C12H14FNO/c1-7-3-8(2)11(10(13)4-7)12(15)9-5-14-6-9/h3-4,9,14H,5-6H2,1-2H3. The zero-order valence-corrected chi connectivity index (χ0v) is 8.93. The van der Waals surface area contributed by atoms with Crippen molar-refractivity contribution >= 4 is 5.78 Å². The number of benzene rings is 1. The highest BCUT2D eigenvalue weighted by molar-refractivity contribution is 6.00. The van der Waals surface area contributed by atoms with E-state index in [0.29, 0.717) is 13.1 Å². The maximum atomic E-state index is 13.6. The van der Waals surface area contributed by atoms with Crippen molar-refractivity contribution in [1.29, 1.82) is 0 Å². The molecule has 0 aromatic heterocycles. The number of hydrogen-bond donors (Lipinski definition) is 1. The molecule has 1 aliphatic rings. The molecule has 1 aromatic rings. The lowest BCUT2D eigenvalue weighted by atomic mass is 9.89. The molecule has 1 fully saturated rings. The highest BCUT2D eigenvalue weighted by Crippen LogP contribution is 2.21. The molecule has 3 heteroatoms. The first kappa shape index (κ1) is 10.3. The SMILES string of the molecule is Cc1cc(C)c(C(=O)C2CNC2)c(F)c1. The summed E-state index contributed by atoms with van der Waals surface area (Å²) in [7, 11) is 0. The first-order valence-corrected chi connectivity index (χ1v) is 5.11. The second-order valence-corrected chi connectivity index (χ2v) is 4.16. The zero-order chi connectivity index (χ0) is 11.0. The van der Waals surface area contributed by atoms with E-state index in [1.165, 1.54) is 6.07 Å². The minimum atomic E-state index is -0.385. The molecule has 0 radical (unpaired) electrons. The third-order valence-electron chi connectivity index (χ3n) is 2.83. The van der Waals surface area contributed by atoms with Crippen LogP contribution >= 0.6 is 0 Å². The van der Waals surface area contributed by atoms with Gasteiger partial charge in [0.1, 0.15) is 5.82 Å². The van der Waals surface area contributed by atoms with Crippen LogP contribution in [-0.2, 0) is 0 Å². The number of halogens is 1. The lowest BCUT2D eigenvalue weighted by molar-refractivity contribution is 0.0873. The number of rotatable bonds is 2. The first-order chi connectivity index (χ1) is 7.09. The van der Waals surface area contributed by atoms with E-state index in [9.17, 15) is 9.18 Å². The smallest absolute Gasteiger partial charge is 0.171 e. The first-order valence-electron chi connectivity index (χ1n) is 5.11. The minimum Gasteiger partial charge on any atom is -0.315 e. The number of Topliss-reactive ketones (excluding diaryl/α,β-unsaturated/α-hetero) is 1. The second kappa shape index (κ2) is 3.74. The number of carbonyl (C=O) groups is 1. The normalized spacial score (nSPS) is 16.2. The maximum absolute atomic E-state index is 13.6. The fourth-order valence-electron chi connectivity index (χ4n) is 1.91. The molecule has 1 heterocycles. The minimum absolute atomic E-state index is 0.0408. The fraction of sp³-hybridized carbons (Fsp3) is 0.417. The third-order valence-corrected chi connectivity index (χ3v) is 2.83. The van der Waals surface area contributed by atoms with Crippen molar-refractivity contribution in [2.75, 3.05) is 13.1 Å². The van der Waals surface area contributed by atoms with E-state index >= 15 is 0 Å². The molecule has 0 aliphatic carbocycles. The van der Waals surface area contributed by atoms with Crippen LogP contribution in [0.15, 0.2) is 12.1 Å². The summed E-state index contributed by atoms with van der Waals surface area (Å²) < 4.78 is 13.6. The Morgan fingerprint density at radius 2 is 2.07 bits per heavy atom.